The lowest BCUT2D eigenvalue weighted by atomic mass is 9.98. The van der Waals surface area contributed by atoms with Gasteiger partial charge in [0.05, 0.1) is 18.2 Å². The summed E-state index contributed by atoms with van der Waals surface area (Å²) in [5.41, 5.74) is 0.598. The van der Waals surface area contributed by atoms with Crippen molar-refractivity contribution < 1.29 is 4.74 Å². The van der Waals surface area contributed by atoms with Crippen LogP contribution in [-0.4, -0.2) is 11.6 Å². The van der Waals surface area contributed by atoms with Gasteiger partial charge in [0.25, 0.3) is 0 Å². The average molecular weight is 238 g/mol. The Labute approximate surface area is 101 Å². The molecule has 0 saturated heterocycles. The fourth-order valence-electron chi connectivity index (χ4n) is 1.77. The Balaban J connectivity index is 2.96. The molecule has 0 aromatic carbocycles. The first-order chi connectivity index (χ1) is 7.72. The lowest BCUT2D eigenvalue weighted by Gasteiger charge is -2.29. The number of ether oxygens (including phenoxy) is 1. The predicted molar refractivity (Wildman–Crippen MR) is 65.3 cm³/mol. The first kappa shape index (κ1) is 13.1. The maximum atomic E-state index is 8.63. The molecule has 88 valence electrons. The molecule has 0 N–H and O–H groups in total. The van der Waals surface area contributed by atoms with Gasteiger partial charge in [-0.1, -0.05) is 13.8 Å². The van der Waals surface area contributed by atoms with Gasteiger partial charge in [-0.2, -0.15) is 5.26 Å². The van der Waals surface area contributed by atoms with Gasteiger partial charge in [0.15, 0.2) is 0 Å². The highest BCUT2D eigenvalue weighted by Crippen LogP contribution is 2.35. The van der Waals surface area contributed by atoms with E-state index in [0.29, 0.717) is 13.0 Å². The number of thiazole rings is 1. The molecule has 1 aromatic rings. The van der Waals surface area contributed by atoms with Crippen LogP contribution in [0.4, 0.5) is 0 Å². The summed E-state index contributed by atoms with van der Waals surface area (Å²) in [6.07, 6.45) is 2.21. The highest BCUT2D eigenvalue weighted by Gasteiger charge is 2.32. The van der Waals surface area contributed by atoms with E-state index in [9.17, 15) is 0 Å². The van der Waals surface area contributed by atoms with Gasteiger partial charge in [0, 0.05) is 12.0 Å². The van der Waals surface area contributed by atoms with E-state index < -0.39 is 0 Å². The highest BCUT2D eigenvalue weighted by molar-refractivity contribution is 7.09. The van der Waals surface area contributed by atoms with Crippen molar-refractivity contribution in [2.75, 3.05) is 6.61 Å². The van der Waals surface area contributed by atoms with Gasteiger partial charge in [-0.25, -0.2) is 4.98 Å². The molecule has 1 heterocycles. The number of nitrogens with zero attached hydrogens (tertiary/aromatic N) is 2. The van der Waals surface area contributed by atoms with Crippen molar-refractivity contribution in [2.24, 2.45) is 0 Å². The van der Waals surface area contributed by atoms with Gasteiger partial charge in [0.1, 0.15) is 10.6 Å². The molecule has 0 spiro atoms. The van der Waals surface area contributed by atoms with Gasteiger partial charge in [-0.3, -0.25) is 0 Å². The lowest BCUT2D eigenvalue weighted by molar-refractivity contribution is -0.0507. The van der Waals surface area contributed by atoms with Crippen LogP contribution in [-0.2, 0) is 16.8 Å². The second-order valence-electron chi connectivity index (χ2n) is 3.61. The Morgan fingerprint density at radius 2 is 2.12 bits per heavy atom. The van der Waals surface area contributed by atoms with Crippen molar-refractivity contribution in [3.8, 4) is 6.07 Å². The Kier molecular flexibility index (Phi) is 4.91. The Hall–Kier alpha value is -0.920. The summed E-state index contributed by atoms with van der Waals surface area (Å²) in [6.45, 7) is 6.92. The summed E-state index contributed by atoms with van der Waals surface area (Å²) < 4.78 is 5.87. The molecule has 0 aliphatic carbocycles. The number of aromatic nitrogens is 1. The number of hydrogen-bond donors (Lipinski definition) is 0. The zero-order valence-electron chi connectivity index (χ0n) is 10.1. The number of rotatable bonds is 6. The maximum absolute atomic E-state index is 8.63. The van der Waals surface area contributed by atoms with Crippen LogP contribution in [0.15, 0.2) is 5.38 Å². The maximum Gasteiger partial charge on any atom is 0.125 e. The van der Waals surface area contributed by atoms with Crippen LogP contribution in [0.25, 0.3) is 0 Å². The van der Waals surface area contributed by atoms with Crippen molar-refractivity contribution in [3.05, 3.63) is 16.1 Å². The van der Waals surface area contributed by atoms with Crippen molar-refractivity contribution in [3.63, 3.8) is 0 Å². The van der Waals surface area contributed by atoms with E-state index >= 15 is 0 Å². The van der Waals surface area contributed by atoms with E-state index in [4.69, 9.17) is 10.00 Å². The predicted octanol–water partition coefficient (Wildman–Crippen LogP) is 3.26. The van der Waals surface area contributed by atoms with E-state index in [1.165, 1.54) is 0 Å². The number of hydrogen-bond acceptors (Lipinski definition) is 4. The molecular weight excluding hydrogens is 220 g/mol. The number of nitriles is 1. The molecule has 1 rings (SSSR count). The van der Waals surface area contributed by atoms with Gasteiger partial charge in [-0.15, -0.1) is 11.3 Å². The van der Waals surface area contributed by atoms with E-state index in [2.05, 4.69) is 24.9 Å². The Morgan fingerprint density at radius 3 is 2.62 bits per heavy atom. The molecule has 0 atom stereocenters. The molecular formula is C12H18N2OS. The molecule has 0 amide bonds. The summed E-state index contributed by atoms with van der Waals surface area (Å²) in [5, 5.41) is 11.6. The summed E-state index contributed by atoms with van der Waals surface area (Å²) in [4.78, 5) is 4.50. The van der Waals surface area contributed by atoms with E-state index in [1.54, 1.807) is 11.3 Å². The van der Waals surface area contributed by atoms with Gasteiger partial charge >= 0.3 is 0 Å². The van der Waals surface area contributed by atoms with Crippen LogP contribution in [0.1, 0.15) is 44.3 Å². The summed E-state index contributed by atoms with van der Waals surface area (Å²) >= 11 is 1.60. The minimum absolute atomic E-state index is 0.257. The van der Waals surface area contributed by atoms with Crippen molar-refractivity contribution in [1.29, 1.82) is 5.26 Å². The zero-order chi connectivity index (χ0) is 12.0. The quantitative estimate of drug-likeness (QED) is 0.764. The van der Waals surface area contributed by atoms with Gasteiger partial charge in [0.2, 0.25) is 0 Å². The third kappa shape index (κ3) is 2.60. The van der Waals surface area contributed by atoms with Gasteiger partial charge in [-0.05, 0) is 19.8 Å². The first-order valence-electron chi connectivity index (χ1n) is 5.68. The van der Waals surface area contributed by atoms with Crippen LogP contribution in [0.2, 0.25) is 0 Å². The van der Waals surface area contributed by atoms with Crippen LogP contribution in [0.5, 0.6) is 0 Å². The largest absolute Gasteiger partial charge is 0.368 e. The molecule has 0 bridgehead atoms. The third-order valence-corrected chi connectivity index (χ3v) is 3.84. The molecule has 3 nitrogen and oxygen atoms in total. The summed E-state index contributed by atoms with van der Waals surface area (Å²) in [5.74, 6) is 0. The molecule has 16 heavy (non-hydrogen) atoms. The highest BCUT2D eigenvalue weighted by atomic mass is 32.1. The second kappa shape index (κ2) is 5.97. The third-order valence-electron chi connectivity index (χ3n) is 2.76. The molecule has 0 aliphatic rings. The Morgan fingerprint density at radius 1 is 1.44 bits per heavy atom. The minimum atomic E-state index is -0.257. The lowest BCUT2D eigenvalue weighted by Crippen LogP contribution is -2.28. The zero-order valence-corrected chi connectivity index (χ0v) is 10.9. The van der Waals surface area contributed by atoms with E-state index in [-0.39, 0.29) is 5.60 Å². The first-order valence-corrected chi connectivity index (χ1v) is 6.56. The van der Waals surface area contributed by atoms with Crippen LogP contribution in [0.3, 0.4) is 0 Å². The van der Waals surface area contributed by atoms with Crippen LogP contribution in [0, 0.1) is 11.3 Å². The molecule has 0 unspecified atom stereocenters. The van der Waals surface area contributed by atoms with E-state index in [1.807, 2.05) is 12.3 Å². The van der Waals surface area contributed by atoms with E-state index in [0.717, 1.165) is 23.5 Å². The Bertz CT molecular complexity index is 363. The van der Waals surface area contributed by atoms with Crippen molar-refractivity contribution in [1.82, 2.24) is 4.98 Å². The smallest absolute Gasteiger partial charge is 0.125 e. The SMILES string of the molecule is CCOC(CC)(CC)c1nc(CC#N)cs1. The topological polar surface area (TPSA) is 45.9 Å². The minimum Gasteiger partial charge on any atom is -0.368 e. The van der Waals surface area contributed by atoms with Crippen LogP contribution >= 0.6 is 11.3 Å². The summed E-state index contributed by atoms with van der Waals surface area (Å²) in [7, 11) is 0. The average Bonchev–Trinajstić information content (AvgIpc) is 2.76. The standard InChI is InChI=1S/C12H18N2OS/c1-4-12(5-2,15-6-3)11-14-10(7-8-13)9-16-11/h9H,4-7H2,1-3H3. The van der Waals surface area contributed by atoms with Crippen molar-refractivity contribution in [2.45, 2.75) is 45.6 Å². The molecule has 0 fully saturated rings. The fourth-order valence-corrected chi connectivity index (χ4v) is 2.89. The fraction of sp³-hybridized carbons (Fsp3) is 0.667. The summed E-state index contributed by atoms with van der Waals surface area (Å²) in [6, 6.07) is 2.12. The molecule has 1 aromatic heterocycles. The molecule has 0 radical (unpaired) electrons. The molecule has 0 aliphatic heterocycles. The monoisotopic (exact) mass is 238 g/mol. The van der Waals surface area contributed by atoms with Crippen molar-refractivity contribution >= 4 is 11.3 Å². The normalized spacial score (nSPS) is 11.4. The second-order valence-corrected chi connectivity index (χ2v) is 4.47. The molecule has 0 saturated carbocycles. The van der Waals surface area contributed by atoms with Gasteiger partial charge < -0.3 is 4.74 Å². The van der Waals surface area contributed by atoms with Crippen LogP contribution < -0.4 is 0 Å². The molecule has 4 heteroatoms.